The Balaban J connectivity index is 2.54. The van der Waals surface area contributed by atoms with E-state index in [0.29, 0.717) is 28.6 Å². The zero-order valence-electron chi connectivity index (χ0n) is 16.8. The summed E-state index contributed by atoms with van der Waals surface area (Å²) in [5.74, 6) is -0.280. The number of aromatic amines is 1. The molecule has 0 aliphatic rings. The summed E-state index contributed by atoms with van der Waals surface area (Å²) in [5.41, 5.74) is 5.36. The number of benzene rings is 1. The standard InChI is InChI=1S/C20H26Cl2N4O3/c1-4-5-9-25(16(27)10-13-14(21)7-6-8-15(13)22)17-18(23)26(11-12(2)3)20(29)24-19(17)28/h6-8,12H,4-5,9-11,23H2,1-3H3,(H,24,28,29). The molecule has 1 aromatic heterocycles. The highest BCUT2D eigenvalue weighted by Crippen LogP contribution is 2.27. The van der Waals surface area contributed by atoms with E-state index in [-0.39, 0.29) is 36.3 Å². The van der Waals surface area contributed by atoms with Crippen LogP contribution in [0, 0.1) is 5.92 Å². The van der Waals surface area contributed by atoms with E-state index in [1.807, 2.05) is 20.8 Å². The number of halogens is 2. The average Bonchev–Trinajstić information content (AvgIpc) is 2.64. The van der Waals surface area contributed by atoms with Crippen LogP contribution in [0.3, 0.4) is 0 Å². The number of nitrogen functional groups attached to an aromatic ring is 1. The van der Waals surface area contributed by atoms with Crippen LogP contribution in [-0.4, -0.2) is 22.0 Å². The first-order chi connectivity index (χ1) is 13.7. The third kappa shape index (κ3) is 5.42. The molecule has 0 bridgehead atoms. The first-order valence-electron chi connectivity index (χ1n) is 9.53. The Morgan fingerprint density at radius 3 is 2.41 bits per heavy atom. The first-order valence-corrected chi connectivity index (χ1v) is 10.3. The van der Waals surface area contributed by atoms with Crippen LogP contribution in [0.4, 0.5) is 11.5 Å². The van der Waals surface area contributed by atoms with Crippen molar-refractivity contribution in [3.8, 4) is 0 Å². The number of rotatable bonds is 8. The molecule has 7 nitrogen and oxygen atoms in total. The molecule has 9 heteroatoms. The summed E-state index contributed by atoms with van der Waals surface area (Å²) >= 11 is 12.4. The van der Waals surface area contributed by atoms with Crippen molar-refractivity contribution in [2.45, 2.75) is 46.6 Å². The van der Waals surface area contributed by atoms with Gasteiger partial charge >= 0.3 is 5.69 Å². The van der Waals surface area contributed by atoms with Gasteiger partial charge < -0.3 is 10.6 Å². The number of nitrogens with two attached hydrogens (primary N) is 1. The second kappa shape index (κ2) is 9.98. The second-order valence-electron chi connectivity index (χ2n) is 7.27. The lowest BCUT2D eigenvalue weighted by atomic mass is 10.1. The minimum atomic E-state index is -0.692. The van der Waals surface area contributed by atoms with Gasteiger partial charge in [-0.3, -0.25) is 19.1 Å². The summed E-state index contributed by atoms with van der Waals surface area (Å²) in [7, 11) is 0. The number of unbranched alkanes of at least 4 members (excludes halogenated alkanes) is 1. The van der Waals surface area contributed by atoms with Crippen LogP contribution in [-0.2, 0) is 17.8 Å². The topological polar surface area (TPSA) is 101 Å². The number of carbonyl (C=O) groups is 1. The number of H-pyrrole nitrogens is 1. The SMILES string of the molecule is CCCCN(C(=O)Cc1c(Cl)cccc1Cl)c1c(N)n(CC(C)C)c(=O)[nH]c1=O. The fourth-order valence-corrected chi connectivity index (χ4v) is 3.54. The van der Waals surface area contributed by atoms with Crippen LogP contribution in [0.5, 0.6) is 0 Å². The maximum Gasteiger partial charge on any atom is 0.330 e. The molecule has 0 aliphatic heterocycles. The lowest BCUT2D eigenvalue weighted by molar-refractivity contribution is -0.118. The molecule has 0 saturated carbocycles. The average molecular weight is 441 g/mol. The van der Waals surface area contributed by atoms with Crippen LogP contribution in [0.15, 0.2) is 27.8 Å². The Bertz CT molecular complexity index is 978. The van der Waals surface area contributed by atoms with Gasteiger partial charge in [-0.05, 0) is 30.0 Å². The van der Waals surface area contributed by atoms with Crippen molar-refractivity contribution in [3.05, 3.63) is 54.6 Å². The van der Waals surface area contributed by atoms with Crippen molar-refractivity contribution >= 4 is 40.6 Å². The van der Waals surface area contributed by atoms with Gasteiger partial charge in [0.05, 0.1) is 6.42 Å². The van der Waals surface area contributed by atoms with E-state index in [0.717, 1.165) is 6.42 Å². The lowest BCUT2D eigenvalue weighted by Crippen LogP contribution is -2.42. The molecule has 0 saturated heterocycles. The van der Waals surface area contributed by atoms with Crippen LogP contribution < -0.4 is 21.9 Å². The molecule has 0 spiro atoms. The number of amides is 1. The Morgan fingerprint density at radius 2 is 1.86 bits per heavy atom. The van der Waals surface area contributed by atoms with Gasteiger partial charge in [0, 0.05) is 23.1 Å². The van der Waals surface area contributed by atoms with Crippen LogP contribution >= 0.6 is 23.2 Å². The van der Waals surface area contributed by atoms with E-state index >= 15 is 0 Å². The molecule has 1 amide bonds. The maximum absolute atomic E-state index is 13.2. The van der Waals surface area contributed by atoms with E-state index in [1.54, 1.807) is 18.2 Å². The molecule has 1 aromatic carbocycles. The van der Waals surface area contributed by atoms with Crippen LogP contribution in [0.25, 0.3) is 0 Å². The highest BCUT2D eigenvalue weighted by atomic mass is 35.5. The highest BCUT2D eigenvalue weighted by molar-refractivity contribution is 6.36. The molecule has 29 heavy (non-hydrogen) atoms. The fourth-order valence-electron chi connectivity index (χ4n) is 3.01. The van der Waals surface area contributed by atoms with Gasteiger partial charge in [0.1, 0.15) is 5.82 Å². The van der Waals surface area contributed by atoms with Crippen molar-refractivity contribution in [1.29, 1.82) is 0 Å². The number of nitrogens with one attached hydrogen (secondary N) is 1. The summed E-state index contributed by atoms with van der Waals surface area (Å²) < 4.78 is 1.29. The molecule has 2 rings (SSSR count). The third-order valence-electron chi connectivity index (χ3n) is 4.46. The van der Waals surface area contributed by atoms with Crippen molar-refractivity contribution in [2.24, 2.45) is 5.92 Å². The van der Waals surface area contributed by atoms with Gasteiger partial charge in [-0.2, -0.15) is 0 Å². The Kier molecular flexibility index (Phi) is 7.93. The highest BCUT2D eigenvalue weighted by Gasteiger charge is 2.25. The van der Waals surface area contributed by atoms with Crippen molar-refractivity contribution in [2.75, 3.05) is 17.2 Å². The van der Waals surface area contributed by atoms with Crippen LogP contribution in [0.1, 0.15) is 39.2 Å². The van der Waals surface area contributed by atoms with Crippen molar-refractivity contribution in [3.63, 3.8) is 0 Å². The predicted molar refractivity (Wildman–Crippen MR) is 118 cm³/mol. The monoisotopic (exact) mass is 440 g/mol. The molecule has 2 aromatic rings. The zero-order valence-corrected chi connectivity index (χ0v) is 18.3. The molecule has 0 radical (unpaired) electrons. The lowest BCUT2D eigenvalue weighted by Gasteiger charge is -2.25. The van der Waals surface area contributed by atoms with Gasteiger partial charge in [0.25, 0.3) is 5.56 Å². The minimum absolute atomic E-state index is 0.0214. The Hall–Kier alpha value is -2.25. The normalized spacial score (nSPS) is 11.1. The van der Waals surface area contributed by atoms with Gasteiger partial charge in [-0.1, -0.05) is 56.5 Å². The largest absolute Gasteiger partial charge is 0.383 e. The number of aromatic nitrogens is 2. The molecule has 158 valence electrons. The van der Waals surface area contributed by atoms with Gasteiger partial charge in [-0.25, -0.2) is 4.79 Å². The predicted octanol–water partition coefficient (Wildman–Crippen LogP) is 3.46. The molecule has 0 fully saturated rings. The molecule has 0 atom stereocenters. The number of carbonyl (C=O) groups excluding carboxylic acids is 1. The second-order valence-corrected chi connectivity index (χ2v) is 8.09. The quantitative estimate of drug-likeness (QED) is 0.655. The number of hydrogen-bond donors (Lipinski definition) is 2. The Labute approximate surface area is 179 Å². The van der Waals surface area contributed by atoms with E-state index in [1.165, 1.54) is 9.47 Å². The molecule has 0 unspecified atom stereocenters. The smallest absolute Gasteiger partial charge is 0.330 e. The fraction of sp³-hybridized carbons (Fsp3) is 0.450. The van der Waals surface area contributed by atoms with Crippen molar-refractivity contribution in [1.82, 2.24) is 9.55 Å². The van der Waals surface area contributed by atoms with Crippen molar-refractivity contribution < 1.29 is 4.79 Å². The summed E-state index contributed by atoms with van der Waals surface area (Å²) in [6, 6.07) is 4.99. The number of anilines is 2. The Morgan fingerprint density at radius 1 is 1.24 bits per heavy atom. The maximum atomic E-state index is 13.2. The minimum Gasteiger partial charge on any atom is -0.383 e. The van der Waals surface area contributed by atoms with Gasteiger partial charge in [0.15, 0.2) is 5.69 Å². The molecular weight excluding hydrogens is 415 g/mol. The summed E-state index contributed by atoms with van der Waals surface area (Å²) in [4.78, 5) is 41.6. The third-order valence-corrected chi connectivity index (χ3v) is 5.17. The van der Waals surface area contributed by atoms with E-state index < -0.39 is 11.2 Å². The van der Waals surface area contributed by atoms with Crippen LogP contribution in [0.2, 0.25) is 10.0 Å². The van der Waals surface area contributed by atoms with E-state index in [2.05, 4.69) is 4.98 Å². The number of nitrogens with zero attached hydrogens (tertiary/aromatic N) is 2. The first kappa shape index (κ1) is 23.0. The molecular formula is C20H26Cl2N4O3. The van der Waals surface area contributed by atoms with Gasteiger partial charge in [-0.15, -0.1) is 0 Å². The van der Waals surface area contributed by atoms with Gasteiger partial charge in [0.2, 0.25) is 5.91 Å². The molecule has 3 N–H and O–H groups in total. The van der Waals surface area contributed by atoms with E-state index in [9.17, 15) is 14.4 Å². The zero-order chi connectivity index (χ0) is 21.7. The summed E-state index contributed by atoms with van der Waals surface area (Å²) in [6.07, 6.45) is 1.37. The molecule has 0 aliphatic carbocycles. The molecule has 1 heterocycles. The summed E-state index contributed by atoms with van der Waals surface area (Å²) in [6.45, 7) is 6.43. The van der Waals surface area contributed by atoms with E-state index in [4.69, 9.17) is 28.9 Å². The summed E-state index contributed by atoms with van der Waals surface area (Å²) in [5, 5.41) is 0.737. The number of hydrogen-bond acceptors (Lipinski definition) is 4.